The van der Waals surface area contributed by atoms with Gasteiger partial charge in [-0.05, 0) is 105 Å². The molecule has 0 radical (unpaired) electrons. The molecule has 4 aliphatic rings. The molecule has 0 aromatic carbocycles. The lowest BCUT2D eigenvalue weighted by Gasteiger charge is -2.62. The maximum absolute atomic E-state index is 11.1. The molecule has 0 aliphatic heterocycles. The molecule has 0 spiro atoms. The van der Waals surface area contributed by atoms with Crippen molar-refractivity contribution in [3.05, 3.63) is 0 Å². The number of hydrogen-bond acceptors (Lipinski definition) is 2. The minimum atomic E-state index is -0.559. The van der Waals surface area contributed by atoms with Gasteiger partial charge < -0.3 is 9.84 Å². The predicted octanol–water partition coefficient (Wildman–Crippen LogP) is 5.82. The number of aliphatic hydroxyl groups is 1. The van der Waals surface area contributed by atoms with Gasteiger partial charge in [-0.15, -0.1) is 0 Å². The van der Waals surface area contributed by atoms with Gasteiger partial charge in [-0.1, -0.05) is 27.2 Å². The molecular formula is C24H42O2. The van der Waals surface area contributed by atoms with Gasteiger partial charge >= 0.3 is 0 Å². The Morgan fingerprint density at radius 2 is 1.65 bits per heavy atom. The highest BCUT2D eigenvalue weighted by Gasteiger charge is 2.60. The molecule has 0 bridgehead atoms. The van der Waals surface area contributed by atoms with Crippen LogP contribution in [0.3, 0.4) is 0 Å². The van der Waals surface area contributed by atoms with Crippen LogP contribution in [0.4, 0.5) is 0 Å². The van der Waals surface area contributed by atoms with E-state index in [4.69, 9.17) is 4.74 Å². The van der Waals surface area contributed by atoms with E-state index >= 15 is 0 Å². The van der Waals surface area contributed by atoms with Gasteiger partial charge in [0, 0.05) is 6.61 Å². The summed E-state index contributed by atoms with van der Waals surface area (Å²) in [6.45, 7) is 11.0. The van der Waals surface area contributed by atoms with E-state index in [0.29, 0.717) is 30.0 Å². The van der Waals surface area contributed by atoms with Gasteiger partial charge in [-0.3, -0.25) is 0 Å². The lowest BCUT2D eigenvalue weighted by Crippen LogP contribution is -2.56. The molecule has 150 valence electrons. The molecule has 0 amide bonds. The molecule has 0 heterocycles. The quantitative estimate of drug-likeness (QED) is 0.682. The van der Waals surface area contributed by atoms with E-state index in [1.54, 1.807) is 0 Å². The van der Waals surface area contributed by atoms with Crippen LogP contribution in [0, 0.1) is 40.4 Å². The Kier molecular flexibility index (Phi) is 5.01. The topological polar surface area (TPSA) is 29.5 Å². The zero-order chi connectivity index (χ0) is 18.6. The maximum atomic E-state index is 11.1. The minimum absolute atomic E-state index is 0.465. The van der Waals surface area contributed by atoms with E-state index in [9.17, 15) is 5.11 Å². The minimum Gasteiger partial charge on any atom is -0.387 e. The summed E-state index contributed by atoms with van der Waals surface area (Å²) in [7, 11) is 0. The summed E-state index contributed by atoms with van der Waals surface area (Å²) in [6, 6.07) is 0. The van der Waals surface area contributed by atoms with Gasteiger partial charge in [0.1, 0.15) is 0 Å². The second-order valence-corrected chi connectivity index (χ2v) is 10.9. The third-order valence-corrected chi connectivity index (χ3v) is 10.1. The van der Waals surface area contributed by atoms with Gasteiger partial charge in [0.25, 0.3) is 0 Å². The van der Waals surface area contributed by atoms with E-state index in [2.05, 4.69) is 20.8 Å². The molecule has 0 aromatic heterocycles. The zero-order valence-electron chi connectivity index (χ0n) is 17.7. The molecule has 2 heteroatoms. The Balaban J connectivity index is 1.52. The van der Waals surface area contributed by atoms with Crippen molar-refractivity contribution in [3.63, 3.8) is 0 Å². The third-order valence-electron chi connectivity index (χ3n) is 10.1. The highest BCUT2D eigenvalue weighted by molar-refractivity contribution is 5.10. The summed E-state index contributed by atoms with van der Waals surface area (Å²) in [5.41, 5.74) is 0.535. The van der Waals surface area contributed by atoms with Gasteiger partial charge in [0.2, 0.25) is 0 Å². The number of fused-ring (bicyclic) bond motifs is 5. The number of hydrogen-bond donors (Lipinski definition) is 1. The van der Waals surface area contributed by atoms with E-state index < -0.39 is 5.60 Å². The van der Waals surface area contributed by atoms with Crippen LogP contribution >= 0.6 is 0 Å². The Morgan fingerprint density at radius 3 is 2.38 bits per heavy atom. The van der Waals surface area contributed by atoms with Crippen LogP contribution in [0.25, 0.3) is 0 Å². The Bertz CT molecular complexity index is 518. The van der Waals surface area contributed by atoms with Crippen LogP contribution in [0.2, 0.25) is 0 Å². The van der Waals surface area contributed by atoms with Crippen LogP contribution in [-0.2, 0) is 4.74 Å². The molecule has 0 saturated heterocycles. The summed E-state index contributed by atoms with van der Waals surface area (Å²) in [6.07, 6.45) is 13.2. The van der Waals surface area contributed by atoms with Crippen molar-refractivity contribution in [1.29, 1.82) is 0 Å². The Morgan fingerprint density at radius 1 is 0.885 bits per heavy atom. The maximum Gasteiger partial charge on any atom is 0.0883 e. The van der Waals surface area contributed by atoms with Crippen LogP contribution in [0.15, 0.2) is 0 Å². The van der Waals surface area contributed by atoms with Gasteiger partial charge in [-0.25, -0.2) is 0 Å². The first-order valence-corrected chi connectivity index (χ1v) is 11.7. The lowest BCUT2D eigenvalue weighted by molar-refractivity contribution is -0.164. The van der Waals surface area contributed by atoms with Crippen molar-refractivity contribution >= 4 is 0 Å². The first kappa shape index (κ1) is 19.2. The summed E-state index contributed by atoms with van der Waals surface area (Å²) in [5.74, 6) is 4.53. The molecule has 2 nitrogen and oxygen atoms in total. The molecule has 26 heavy (non-hydrogen) atoms. The fourth-order valence-electron chi connectivity index (χ4n) is 8.52. The number of rotatable bonds is 4. The molecule has 0 aromatic rings. The molecule has 1 N–H and O–H groups in total. The van der Waals surface area contributed by atoms with Crippen LogP contribution in [0.5, 0.6) is 0 Å². The molecule has 8 atom stereocenters. The summed E-state index contributed by atoms with van der Waals surface area (Å²) in [4.78, 5) is 0. The first-order valence-electron chi connectivity index (χ1n) is 11.7. The van der Waals surface area contributed by atoms with Crippen molar-refractivity contribution in [2.75, 3.05) is 13.2 Å². The molecule has 4 aliphatic carbocycles. The van der Waals surface area contributed by atoms with Crippen molar-refractivity contribution in [2.24, 2.45) is 40.4 Å². The summed E-state index contributed by atoms with van der Waals surface area (Å²) in [5, 5.41) is 11.1. The van der Waals surface area contributed by atoms with Crippen molar-refractivity contribution in [1.82, 2.24) is 0 Å². The standard InChI is InChI=1S/C24H42O2/c1-5-17-8-10-20-19-9-7-18-15-24(25,16-26-6-2)14-13-23(18,4)21(19)11-12-22(17,20)3/h17-21,25H,5-16H2,1-4H3/t17-,18-,19-,20-,21-,22+,23-,24+/m0/s1. The first-order chi connectivity index (χ1) is 12.4. The molecular weight excluding hydrogens is 320 g/mol. The normalized spacial score (nSPS) is 53.7. The van der Waals surface area contributed by atoms with Crippen LogP contribution in [0.1, 0.15) is 91.9 Å². The van der Waals surface area contributed by atoms with E-state index in [0.717, 1.165) is 36.5 Å². The molecule has 4 rings (SSSR count). The Hall–Kier alpha value is -0.0800. The van der Waals surface area contributed by atoms with Crippen molar-refractivity contribution < 1.29 is 9.84 Å². The van der Waals surface area contributed by atoms with Crippen molar-refractivity contribution in [3.8, 4) is 0 Å². The predicted molar refractivity (Wildman–Crippen MR) is 107 cm³/mol. The second-order valence-electron chi connectivity index (χ2n) is 10.9. The average molecular weight is 363 g/mol. The Labute approximate surface area is 161 Å². The van der Waals surface area contributed by atoms with Gasteiger partial charge in [0.05, 0.1) is 12.2 Å². The monoisotopic (exact) mass is 362 g/mol. The smallest absolute Gasteiger partial charge is 0.0883 e. The van der Waals surface area contributed by atoms with E-state index in [1.807, 2.05) is 6.92 Å². The third kappa shape index (κ3) is 2.81. The van der Waals surface area contributed by atoms with E-state index in [-0.39, 0.29) is 0 Å². The summed E-state index contributed by atoms with van der Waals surface area (Å²) < 4.78 is 5.64. The van der Waals surface area contributed by atoms with Gasteiger partial charge in [0.15, 0.2) is 0 Å². The lowest BCUT2D eigenvalue weighted by atomic mass is 9.44. The van der Waals surface area contributed by atoms with Gasteiger partial charge in [-0.2, -0.15) is 0 Å². The largest absolute Gasteiger partial charge is 0.387 e. The fourth-order valence-corrected chi connectivity index (χ4v) is 8.52. The van der Waals surface area contributed by atoms with Crippen LogP contribution < -0.4 is 0 Å². The molecule has 4 saturated carbocycles. The average Bonchev–Trinajstić information content (AvgIpc) is 2.97. The highest BCUT2D eigenvalue weighted by Crippen LogP contribution is 2.68. The van der Waals surface area contributed by atoms with Crippen molar-refractivity contribution in [2.45, 2.75) is 97.5 Å². The van der Waals surface area contributed by atoms with Crippen LogP contribution in [-0.4, -0.2) is 23.9 Å². The second kappa shape index (κ2) is 6.76. The molecule has 0 unspecified atom stereocenters. The van der Waals surface area contributed by atoms with E-state index in [1.165, 1.54) is 51.4 Å². The fraction of sp³-hybridized carbons (Fsp3) is 1.00. The highest BCUT2D eigenvalue weighted by atomic mass is 16.5. The number of ether oxygens (including phenoxy) is 1. The SMILES string of the molecule is CCOC[C@@]1(O)CC[C@@]2(C)[C@@H](CC[C@@H]3[C@@H]2CC[C@]2(C)[C@@H](CC)CC[C@@H]32)C1. The zero-order valence-corrected chi connectivity index (χ0v) is 17.7. The summed E-state index contributed by atoms with van der Waals surface area (Å²) >= 11 is 0. The molecule has 4 fully saturated rings.